The summed E-state index contributed by atoms with van der Waals surface area (Å²) >= 11 is 3.14. The molecule has 0 saturated carbocycles. The summed E-state index contributed by atoms with van der Waals surface area (Å²) < 4.78 is 0.917. The van der Waals surface area contributed by atoms with Gasteiger partial charge in [-0.3, -0.25) is 10.4 Å². The van der Waals surface area contributed by atoms with E-state index in [9.17, 15) is 0 Å². The van der Waals surface area contributed by atoms with Crippen LogP contribution in [0.25, 0.3) is 0 Å². The molecule has 0 unspecified atom stereocenters. The average Bonchev–Trinajstić information content (AvgIpc) is 2.73. The highest BCUT2D eigenvalue weighted by Gasteiger charge is 2.08. The summed E-state index contributed by atoms with van der Waals surface area (Å²) in [6.07, 6.45) is 1.64. The van der Waals surface area contributed by atoms with Crippen molar-refractivity contribution in [3.8, 4) is 0 Å². The predicted octanol–water partition coefficient (Wildman–Crippen LogP) is 1.82. The third-order valence-corrected chi connectivity index (χ3v) is 4.03. The fourth-order valence-electron chi connectivity index (χ4n) is 1.27. The Balaban J connectivity index is 2.11. The maximum absolute atomic E-state index is 7.44. The van der Waals surface area contributed by atoms with E-state index in [1.807, 2.05) is 19.1 Å². The summed E-state index contributed by atoms with van der Waals surface area (Å²) in [5, 5.41) is 16.4. The summed E-state index contributed by atoms with van der Waals surface area (Å²) in [4.78, 5) is 4.10. The van der Waals surface area contributed by atoms with Crippen LogP contribution in [0.3, 0.4) is 0 Å². The van der Waals surface area contributed by atoms with Crippen molar-refractivity contribution in [3.63, 3.8) is 0 Å². The van der Waals surface area contributed by atoms with Crippen molar-refractivity contribution in [3.05, 3.63) is 34.6 Å². The molecule has 17 heavy (non-hydrogen) atoms. The van der Waals surface area contributed by atoms with E-state index in [1.165, 1.54) is 0 Å². The van der Waals surface area contributed by atoms with Gasteiger partial charge in [0.1, 0.15) is 16.5 Å². The first-order valence-corrected chi connectivity index (χ1v) is 6.68. The van der Waals surface area contributed by atoms with E-state index in [1.54, 1.807) is 29.3 Å². The normalized spacial score (nSPS) is 10.4. The van der Waals surface area contributed by atoms with Gasteiger partial charge in [0, 0.05) is 11.9 Å². The zero-order chi connectivity index (χ0) is 12.3. The molecule has 0 atom stereocenters. The molecule has 0 aliphatic heterocycles. The van der Waals surface area contributed by atoms with E-state index in [0.29, 0.717) is 11.4 Å². The summed E-state index contributed by atoms with van der Waals surface area (Å²) in [5.41, 5.74) is 6.96. The molecule has 0 radical (unpaired) electrons. The van der Waals surface area contributed by atoms with Crippen LogP contribution in [-0.2, 0) is 5.75 Å². The van der Waals surface area contributed by atoms with Gasteiger partial charge in [-0.25, -0.2) is 0 Å². The number of thioether (sulfide) groups is 1. The van der Waals surface area contributed by atoms with Gasteiger partial charge in [-0.1, -0.05) is 29.2 Å². The number of nitrogens with two attached hydrogens (primary N) is 1. The lowest BCUT2D eigenvalue weighted by atomic mass is 10.2. The van der Waals surface area contributed by atoms with Crippen LogP contribution in [0.2, 0.25) is 0 Å². The number of amidine groups is 1. The zero-order valence-corrected chi connectivity index (χ0v) is 10.8. The summed E-state index contributed by atoms with van der Waals surface area (Å²) in [7, 11) is 0. The monoisotopic (exact) mass is 265 g/mol. The summed E-state index contributed by atoms with van der Waals surface area (Å²) in [6.45, 7) is 1.92. The lowest BCUT2D eigenvalue weighted by Gasteiger charge is -2.04. The van der Waals surface area contributed by atoms with Crippen molar-refractivity contribution in [2.75, 3.05) is 0 Å². The van der Waals surface area contributed by atoms with Crippen molar-refractivity contribution < 1.29 is 0 Å². The molecule has 0 aromatic carbocycles. The molecule has 2 aromatic rings. The van der Waals surface area contributed by atoms with Crippen LogP contribution >= 0.6 is 23.1 Å². The first-order valence-electron chi connectivity index (χ1n) is 4.88. The summed E-state index contributed by atoms with van der Waals surface area (Å²) in [5.74, 6) is 0.687. The molecule has 0 fully saturated rings. The number of pyridine rings is 1. The van der Waals surface area contributed by atoms with Crippen molar-refractivity contribution in [1.29, 1.82) is 5.41 Å². The van der Waals surface area contributed by atoms with Gasteiger partial charge in [0.2, 0.25) is 0 Å². The van der Waals surface area contributed by atoms with Gasteiger partial charge in [-0.15, -0.1) is 10.2 Å². The van der Waals surface area contributed by atoms with Crippen LogP contribution in [0.5, 0.6) is 0 Å². The van der Waals surface area contributed by atoms with Crippen LogP contribution in [0.15, 0.2) is 22.7 Å². The van der Waals surface area contributed by atoms with Crippen molar-refractivity contribution in [2.45, 2.75) is 17.0 Å². The minimum absolute atomic E-state index is 0.00496. The van der Waals surface area contributed by atoms with E-state index >= 15 is 0 Å². The molecular formula is C10H11N5S2. The van der Waals surface area contributed by atoms with Crippen molar-refractivity contribution >= 4 is 28.9 Å². The smallest absolute Gasteiger partial charge is 0.174 e. The first kappa shape index (κ1) is 12.0. The number of aromatic nitrogens is 3. The quantitative estimate of drug-likeness (QED) is 0.500. The Morgan fingerprint density at radius 3 is 3.00 bits per heavy atom. The molecule has 0 aliphatic carbocycles. The molecular weight excluding hydrogens is 254 g/mol. The third-order valence-electron chi connectivity index (χ3n) is 2.01. The SMILES string of the molecule is Cc1nnc(SCc2cccnc2C(=N)N)s1. The molecule has 2 rings (SSSR count). The lowest BCUT2D eigenvalue weighted by Crippen LogP contribution is -2.15. The average molecular weight is 265 g/mol. The second kappa shape index (κ2) is 5.24. The van der Waals surface area contributed by atoms with Crippen LogP contribution < -0.4 is 5.73 Å². The molecule has 5 nitrogen and oxygen atoms in total. The van der Waals surface area contributed by atoms with Gasteiger partial charge in [0.15, 0.2) is 4.34 Å². The van der Waals surface area contributed by atoms with Crippen LogP contribution in [0, 0.1) is 12.3 Å². The Kier molecular flexibility index (Phi) is 3.70. The maximum Gasteiger partial charge on any atom is 0.174 e. The van der Waals surface area contributed by atoms with E-state index < -0.39 is 0 Å². The fraction of sp³-hybridized carbons (Fsp3) is 0.200. The molecule has 3 N–H and O–H groups in total. The van der Waals surface area contributed by atoms with Crippen molar-refractivity contribution in [1.82, 2.24) is 15.2 Å². The highest BCUT2D eigenvalue weighted by atomic mass is 32.2. The summed E-state index contributed by atoms with van der Waals surface area (Å²) in [6, 6.07) is 3.76. The van der Waals surface area contributed by atoms with E-state index in [0.717, 1.165) is 14.9 Å². The lowest BCUT2D eigenvalue weighted by molar-refractivity contribution is 0.983. The maximum atomic E-state index is 7.44. The van der Waals surface area contributed by atoms with E-state index in [2.05, 4.69) is 15.2 Å². The molecule has 7 heteroatoms. The van der Waals surface area contributed by atoms with Gasteiger partial charge in [0.05, 0.1) is 0 Å². The Morgan fingerprint density at radius 2 is 2.35 bits per heavy atom. The highest BCUT2D eigenvalue weighted by Crippen LogP contribution is 2.26. The van der Waals surface area contributed by atoms with Gasteiger partial charge < -0.3 is 5.73 Å². The van der Waals surface area contributed by atoms with Gasteiger partial charge in [0.25, 0.3) is 0 Å². The van der Waals surface area contributed by atoms with E-state index in [4.69, 9.17) is 11.1 Å². The zero-order valence-electron chi connectivity index (χ0n) is 9.17. The number of rotatable bonds is 4. The number of nitrogen functional groups attached to an aromatic ring is 1. The number of nitrogens with zero attached hydrogens (tertiary/aromatic N) is 3. The number of hydrogen-bond donors (Lipinski definition) is 2. The molecule has 0 aliphatic rings. The van der Waals surface area contributed by atoms with Gasteiger partial charge in [-0.2, -0.15) is 0 Å². The molecule has 0 spiro atoms. The Morgan fingerprint density at radius 1 is 1.53 bits per heavy atom. The molecule has 0 amide bonds. The largest absolute Gasteiger partial charge is 0.382 e. The van der Waals surface area contributed by atoms with Crippen LogP contribution in [-0.4, -0.2) is 21.0 Å². The molecule has 2 aromatic heterocycles. The fourth-order valence-corrected chi connectivity index (χ4v) is 3.07. The van der Waals surface area contributed by atoms with Crippen molar-refractivity contribution in [2.24, 2.45) is 5.73 Å². The Hall–Kier alpha value is -1.47. The van der Waals surface area contributed by atoms with Gasteiger partial charge >= 0.3 is 0 Å². The molecule has 88 valence electrons. The topological polar surface area (TPSA) is 88.5 Å². The van der Waals surface area contributed by atoms with Gasteiger partial charge in [-0.05, 0) is 18.6 Å². The third kappa shape index (κ3) is 3.01. The number of hydrogen-bond acceptors (Lipinski definition) is 6. The molecule has 0 bridgehead atoms. The molecule has 2 heterocycles. The van der Waals surface area contributed by atoms with E-state index in [-0.39, 0.29) is 5.84 Å². The molecule has 0 saturated heterocycles. The standard InChI is InChI=1S/C10H11N5S2/c1-6-14-15-10(17-6)16-5-7-3-2-4-13-8(7)9(11)12/h2-4H,5H2,1H3,(H3,11,12). The number of aryl methyl sites for hydroxylation is 1. The number of nitrogens with one attached hydrogen (secondary N) is 1. The Bertz CT molecular complexity index is 537. The first-order chi connectivity index (χ1) is 8.16. The minimum atomic E-state index is -0.00496. The Labute approximate surface area is 107 Å². The minimum Gasteiger partial charge on any atom is -0.382 e. The van der Waals surface area contributed by atoms with Crippen LogP contribution in [0.4, 0.5) is 0 Å². The van der Waals surface area contributed by atoms with Crippen LogP contribution in [0.1, 0.15) is 16.3 Å². The highest BCUT2D eigenvalue weighted by molar-refractivity contribution is 8.00. The second-order valence-corrected chi connectivity index (χ2v) is 5.70. The predicted molar refractivity (Wildman–Crippen MR) is 69.5 cm³/mol. The second-order valence-electron chi connectivity index (χ2n) is 3.30.